The van der Waals surface area contributed by atoms with Crippen LogP contribution in [0.15, 0.2) is 70.7 Å². The lowest BCUT2D eigenvalue weighted by Gasteiger charge is -2.23. The molecule has 7 heteroatoms. The second-order valence-electron chi connectivity index (χ2n) is 7.66. The summed E-state index contributed by atoms with van der Waals surface area (Å²) in [5.41, 5.74) is 1.04. The monoisotopic (exact) mass is 417 g/mol. The quantitative estimate of drug-likeness (QED) is 0.441. The molecule has 2 aromatic carbocycles. The lowest BCUT2D eigenvalue weighted by Crippen LogP contribution is -2.18. The minimum absolute atomic E-state index is 0.0494. The van der Waals surface area contributed by atoms with Gasteiger partial charge in [0.05, 0.1) is 0 Å². The Bertz CT molecular complexity index is 983. The van der Waals surface area contributed by atoms with E-state index in [-0.39, 0.29) is 16.4 Å². The first-order valence-corrected chi connectivity index (χ1v) is 9.89. The molecule has 3 rings (SSSR count). The molecule has 152 valence electrons. The molecular formula is C22H22F3N3S. The number of benzene rings is 2. The van der Waals surface area contributed by atoms with E-state index in [0.717, 1.165) is 29.2 Å². The van der Waals surface area contributed by atoms with Crippen molar-refractivity contribution < 1.29 is 13.2 Å². The lowest BCUT2D eigenvalue weighted by atomic mass is 9.87. The molecule has 1 heterocycles. The Morgan fingerprint density at radius 2 is 1.62 bits per heavy atom. The van der Waals surface area contributed by atoms with Gasteiger partial charge in [-0.3, -0.25) is 0 Å². The van der Waals surface area contributed by atoms with Gasteiger partial charge in [0, 0.05) is 23.8 Å². The first kappa shape index (κ1) is 21.2. The van der Waals surface area contributed by atoms with Crippen LogP contribution in [0.1, 0.15) is 31.9 Å². The van der Waals surface area contributed by atoms with Gasteiger partial charge in [0.2, 0.25) is 5.95 Å². The van der Waals surface area contributed by atoms with Crippen molar-refractivity contribution in [1.82, 2.24) is 9.97 Å². The molecule has 0 atom stereocenters. The fourth-order valence-electron chi connectivity index (χ4n) is 2.69. The second-order valence-corrected chi connectivity index (χ2v) is 8.72. The van der Waals surface area contributed by atoms with Gasteiger partial charge >= 0.3 is 6.18 Å². The van der Waals surface area contributed by atoms with Crippen LogP contribution < -0.4 is 4.90 Å². The third kappa shape index (κ3) is 5.09. The molecule has 0 spiro atoms. The van der Waals surface area contributed by atoms with E-state index in [1.54, 1.807) is 36.2 Å². The van der Waals surface area contributed by atoms with Crippen LogP contribution in [-0.4, -0.2) is 17.0 Å². The number of halogens is 3. The van der Waals surface area contributed by atoms with Gasteiger partial charge in [-0.2, -0.15) is 13.2 Å². The van der Waals surface area contributed by atoms with Gasteiger partial charge in [-0.25, -0.2) is 9.97 Å². The first-order valence-electron chi connectivity index (χ1n) is 9.07. The van der Waals surface area contributed by atoms with E-state index < -0.39 is 11.7 Å². The molecule has 0 aliphatic rings. The number of alkyl halides is 3. The molecular weight excluding hydrogens is 395 g/mol. The van der Waals surface area contributed by atoms with Gasteiger partial charge < -0.3 is 4.90 Å². The molecule has 0 unspecified atom stereocenters. The molecule has 0 bridgehead atoms. The van der Waals surface area contributed by atoms with Crippen molar-refractivity contribution in [2.45, 2.75) is 42.3 Å². The summed E-state index contributed by atoms with van der Waals surface area (Å²) in [6.45, 7) is 6.32. The van der Waals surface area contributed by atoms with Gasteiger partial charge in [0.1, 0.15) is 10.6 Å². The van der Waals surface area contributed by atoms with Crippen molar-refractivity contribution in [3.63, 3.8) is 0 Å². The second kappa shape index (κ2) is 8.06. The topological polar surface area (TPSA) is 29.0 Å². The fourth-order valence-corrected chi connectivity index (χ4v) is 3.61. The Labute approximate surface area is 173 Å². The van der Waals surface area contributed by atoms with Crippen molar-refractivity contribution in [2.75, 3.05) is 11.9 Å². The molecule has 0 saturated carbocycles. The van der Waals surface area contributed by atoms with Crippen molar-refractivity contribution in [3.05, 3.63) is 71.9 Å². The summed E-state index contributed by atoms with van der Waals surface area (Å²) >= 11 is 0.977. The molecule has 0 N–H and O–H groups in total. The molecule has 0 aliphatic carbocycles. The van der Waals surface area contributed by atoms with E-state index in [1.165, 1.54) is 0 Å². The third-order valence-electron chi connectivity index (χ3n) is 4.40. The van der Waals surface area contributed by atoms with Crippen LogP contribution in [0.4, 0.5) is 24.8 Å². The van der Waals surface area contributed by atoms with E-state index >= 15 is 0 Å². The summed E-state index contributed by atoms with van der Waals surface area (Å²) in [4.78, 5) is 10.6. The highest BCUT2D eigenvalue weighted by Gasteiger charge is 2.35. The van der Waals surface area contributed by atoms with Gasteiger partial charge in [0.15, 0.2) is 0 Å². The molecule has 3 aromatic rings. The molecule has 0 aliphatic heterocycles. The van der Waals surface area contributed by atoms with E-state index in [9.17, 15) is 13.2 Å². The standard InChI is InChI=1S/C22H22F3N3S/c1-21(2,3)15-9-8-10-16(13-15)28(4)20-26-14-18(22(23,24)25)19(27-20)29-17-11-6-5-7-12-17/h5-14H,1-4H3. The van der Waals surface area contributed by atoms with E-state index in [4.69, 9.17) is 0 Å². The van der Waals surface area contributed by atoms with E-state index in [2.05, 4.69) is 30.7 Å². The Kier molecular flexibility index (Phi) is 5.89. The number of hydrogen-bond acceptors (Lipinski definition) is 4. The van der Waals surface area contributed by atoms with Crippen molar-refractivity contribution in [3.8, 4) is 0 Å². The Morgan fingerprint density at radius 1 is 0.931 bits per heavy atom. The summed E-state index contributed by atoms with van der Waals surface area (Å²) in [5.74, 6) is 0.211. The Hall–Kier alpha value is -2.54. The van der Waals surface area contributed by atoms with Gasteiger partial charge in [0.25, 0.3) is 0 Å². The van der Waals surface area contributed by atoms with Crippen LogP contribution in [-0.2, 0) is 11.6 Å². The van der Waals surface area contributed by atoms with Crippen molar-refractivity contribution in [2.24, 2.45) is 0 Å². The number of nitrogens with zero attached hydrogens (tertiary/aromatic N) is 3. The smallest absolute Gasteiger partial charge is 0.314 e. The van der Waals surface area contributed by atoms with Crippen LogP contribution in [0.5, 0.6) is 0 Å². The molecule has 0 fully saturated rings. The number of rotatable bonds is 4. The molecule has 3 nitrogen and oxygen atoms in total. The number of anilines is 2. The highest BCUT2D eigenvalue weighted by Crippen LogP contribution is 2.39. The van der Waals surface area contributed by atoms with Crippen LogP contribution in [0.25, 0.3) is 0 Å². The summed E-state index contributed by atoms with van der Waals surface area (Å²) < 4.78 is 40.5. The normalized spacial score (nSPS) is 12.1. The molecule has 29 heavy (non-hydrogen) atoms. The van der Waals surface area contributed by atoms with Crippen LogP contribution in [0.3, 0.4) is 0 Å². The predicted molar refractivity (Wildman–Crippen MR) is 111 cm³/mol. The van der Waals surface area contributed by atoms with E-state index in [1.807, 2.05) is 30.3 Å². The molecule has 0 saturated heterocycles. The highest BCUT2D eigenvalue weighted by atomic mass is 32.2. The first-order chi connectivity index (χ1) is 13.6. The maximum atomic E-state index is 13.5. The molecule has 0 radical (unpaired) electrons. The van der Waals surface area contributed by atoms with Gasteiger partial charge in [-0.15, -0.1) is 0 Å². The van der Waals surface area contributed by atoms with Crippen LogP contribution in [0, 0.1) is 0 Å². The number of aromatic nitrogens is 2. The summed E-state index contributed by atoms with van der Waals surface area (Å²) in [6.07, 6.45) is -3.67. The summed E-state index contributed by atoms with van der Waals surface area (Å²) in [6, 6.07) is 16.7. The largest absolute Gasteiger partial charge is 0.420 e. The molecule has 1 aromatic heterocycles. The fraction of sp³-hybridized carbons (Fsp3) is 0.273. The van der Waals surface area contributed by atoms with Crippen LogP contribution >= 0.6 is 11.8 Å². The summed E-state index contributed by atoms with van der Waals surface area (Å²) in [5, 5.41) is -0.118. The van der Waals surface area contributed by atoms with Gasteiger partial charge in [-0.05, 0) is 35.2 Å². The maximum Gasteiger partial charge on any atom is 0.420 e. The zero-order chi connectivity index (χ0) is 21.2. The highest BCUT2D eigenvalue weighted by molar-refractivity contribution is 7.99. The maximum absolute atomic E-state index is 13.5. The predicted octanol–water partition coefficient (Wildman–Crippen LogP) is 6.71. The zero-order valence-corrected chi connectivity index (χ0v) is 17.5. The van der Waals surface area contributed by atoms with E-state index in [0.29, 0.717) is 4.90 Å². The minimum atomic E-state index is -4.53. The average molecular weight is 418 g/mol. The molecule has 0 amide bonds. The zero-order valence-electron chi connectivity index (χ0n) is 16.7. The van der Waals surface area contributed by atoms with Gasteiger partial charge in [-0.1, -0.05) is 62.9 Å². The Balaban J connectivity index is 2.01. The number of hydrogen-bond donors (Lipinski definition) is 0. The average Bonchev–Trinajstić information content (AvgIpc) is 2.67. The SMILES string of the molecule is CN(c1cccc(C(C)(C)C)c1)c1ncc(C(F)(F)F)c(Sc2ccccc2)n1. The minimum Gasteiger partial charge on any atom is -0.314 e. The van der Waals surface area contributed by atoms with Crippen molar-refractivity contribution >= 4 is 23.4 Å². The lowest BCUT2D eigenvalue weighted by molar-refractivity contribution is -0.140. The third-order valence-corrected chi connectivity index (χ3v) is 5.42. The Morgan fingerprint density at radius 3 is 2.24 bits per heavy atom. The van der Waals surface area contributed by atoms with Crippen molar-refractivity contribution in [1.29, 1.82) is 0 Å². The summed E-state index contributed by atoms with van der Waals surface area (Å²) in [7, 11) is 1.75. The van der Waals surface area contributed by atoms with Crippen LogP contribution in [0.2, 0.25) is 0 Å².